The standard InChI is InChI=1S/C22H25N3O4S/c26-22(23-18-10-9-16-5-4-6-17(16)11-18)24-12-19-14-25(15-20(13-24)29-19)30(27,28)21-7-2-1-3-8-21/h1-3,7-11,19-20H,4-6,12-15H2,(H,23,26). The van der Waals surface area contributed by atoms with E-state index >= 15 is 0 Å². The van der Waals surface area contributed by atoms with Crippen molar-refractivity contribution < 1.29 is 17.9 Å². The molecule has 158 valence electrons. The Morgan fingerprint density at radius 3 is 2.37 bits per heavy atom. The fourth-order valence-corrected chi connectivity index (χ4v) is 6.13. The van der Waals surface area contributed by atoms with E-state index in [1.807, 2.05) is 6.07 Å². The summed E-state index contributed by atoms with van der Waals surface area (Å²) in [6.45, 7) is 1.23. The SMILES string of the molecule is O=C(Nc1ccc2c(c1)CCC2)N1CC2CN(S(=O)(=O)c3ccccc3)CC(C1)O2. The summed E-state index contributed by atoms with van der Waals surface area (Å²) in [6, 6.07) is 14.4. The number of hydrogen-bond acceptors (Lipinski definition) is 4. The molecule has 2 aromatic carbocycles. The molecule has 30 heavy (non-hydrogen) atoms. The number of benzene rings is 2. The fourth-order valence-electron chi connectivity index (χ4n) is 4.61. The summed E-state index contributed by atoms with van der Waals surface area (Å²) in [7, 11) is -3.56. The van der Waals surface area contributed by atoms with Crippen molar-refractivity contribution in [1.82, 2.24) is 9.21 Å². The van der Waals surface area contributed by atoms with Gasteiger partial charge in [0.25, 0.3) is 0 Å². The lowest BCUT2D eigenvalue weighted by molar-refractivity contribution is -0.110. The molecule has 2 aromatic rings. The zero-order valence-electron chi connectivity index (χ0n) is 16.7. The lowest BCUT2D eigenvalue weighted by Gasteiger charge is -2.45. The molecule has 2 unspecified atom stereocenters. The van der Waals surface area contributed by atoms with Gasteiger partial charge >= 0.3 is 6.03 Å². The Balaban J connectivity index is 1.25. The molecule has 1 aliphatic carbocycles. The second-order valence-corrected chi connectivity index (χ2v) is 10.1. The summed E-state index contributed by atoms with van der Waals surface area (Å²) < 4.78 is 33.3. The Labute approximate surface area is 176 Å². The average Bonchev–Trinajstić information content (AvgIpc) is 3.21. The largest absolute Gasteiger partial charge is 0.369 e. The maximum atomic E-state index is 12.9. The summed E-state index contributed by atoms with van der Waals surface area (Å²) in [4.78, 5) is 14.8. The summed E-state index contributed by atoms with van der Waals surface area (Å²) in [5.74, 6) is 0. The van der Waals surface area contributed by atoms with Crippen LogP contribution in [0.5, 0.6) is 0 Å². The van der Waals surface area contributed by atoms with Crippen molar-refractivity contribution in [2.75, 3.05) is 31.5 Å². The fraction of sp³-hybridized carbons (Fsp3) is 0.409. The molecule has 1 N–H and O–H groups in total. The number of urea groups is 1. The Morgan fingerprint density at radius 1 is 0.933 bits per heavy atom. The smallest absolute Gasteiger partial charge is 0.322 e. The minimum absolute atomic E-state index is 0.161. The molecule has 2 atom stereocenters. The van der Waals surface area contributed by atoms with Crippen LogP contribution in [0.4, 0.5) is 10.5 Å². The van der Waals surface area contributed by atoms with Crippen LogP contribution < -0.4 is 5.32 Å². The number of fused-ring (bicyclic) bond motifs is 3. The van der Waals surface area contributed by atoms with Crippen LogP contribution >= 0.6 is 0 Å². The van der Waals surface area contributed by atoms with E-state index in [-0.39, 0.29) is 36.2 Å². The molecule has 3 aliphatic rings. The summed E-state index contributed by atoms with van der Waals surface area (Å²) >= 11 is 0. The number of sulfonamides is 1. The first kappa shape index (κ1) is 19.5. The van der Waals surface area contributed by atoms with Gasteiger partial charge in [0.05, 0.1) is 30.2 Å². The number of morpholine rings is 2. The molecule has 2 amide bonds. The number of rotatable bonds is 3. The highest BCUT2D eigenvalue weighted by Gasteiger charge is 2.41. The number of aryl methyl sites for hydroxylation is 2. The molecular weight excluding hydrogens is 402 g/mol. The highest BCUT2D eigenvalue weighted by atomic mass is 32.2. The van der Waals surface area contributed by atoms with E-state index in [0.717, 1.165) is 18.5 Å². The number of anilines is 1. The monoisotopic (exact) mass is 427 g/mol. The second-order valence-electron chi connectivity index (χ2n) is 8.19. The van der Waals surface area contributed by atoms with Crippen molar-refractivity contribution in [2.24, 2.45) is 0 Å². The third kappa shape index (κ3) is 3.71. The highest BCUT2D eigenvalue weighted by Crippen LogP contribution is 2.27. The molecule has 2 fully saturated rings. The molecule has 0 spiro atoms. The second kappa shape index (κ2) is 7.68. The zero-order valence-corrected chi connectivity index (χ0v) is 17.5. The van der Waals surface area contributed by atoms with Crippen LogP contribution in [0.1, 0.15) is 17.5 Å². The van der Waals surface area contributed by atoms with E-state index in [1.165, 1.54) is 21.9 Å². The third-order valence-corrected chi connectivity index (χ3v) is 7.91. The van der Waals surface area contributed by atoms with Crippen molar-refractivity contribution in [3.05, 3.63) is 59.7 Å². The topological polar surface area (TPSA) is 79.0 Å². The van der Waals surface area contributed by atoms with Gasteiger partial charge in [-0.2, -0.15) is 4.31 Å². The summed E-state index contributed by atoms with van der Waals surface area (Å²) in [6.07, 6.45) is 2.68. The van der Waals surface area contributed by atoms with Crippen molar-refractivity contribution in [3.8, 4) is 0 Å². The lowest BCUT2D eigenvalue weighted by Crippen LogP contribution is -2.61. The minimum atomic E-state index is -3.56. The zero-order chi connectivity index (χ0) is 20.7. The van der Waals surface area contributed by atoms with Crippen LogP contribution in [0.2, 0.25) is 0 Å². The maximum Gasteiger partial charge on any atom is 0.322 e. The average molecular weight is 428 g/mol. The molecule has 2 saturated heterocycles. The van der Waals surface area contributed by atoms with Gasteiger partial charge in [0.15, 0.2) is 0 Å². The van der Waals surface area contributed by atoms with Gasteiger partial charge in [-0.3, -0.25) is 0 Å². The molecule has 2 bridgehead atoms. The Morgan fingerprint density at radius 2 is 1.63 bits per heavy atom. The minimum Gasteiger partial charge on any atom is -0.369 e. The normalized spacial score (nSPS) is 23.8. The molecule has 7 nitrogen and oxygen atoms in total. The Hall–Kier alpha value is -2.42. The maximum absolute atomic E-state index is 12.9. The van der Waals surface area contributed by atoms with Crippen molar-refractivity contribution in [3.63, 3.8) is 0 Å². The van der Waals surface area contributed by atoms with Gasteiger partial charge in [-0.1, -0.05) is 24.3 Å². The number of carbonyl (C=O) groups is 1. The molecular formula is C22H25N3O4S. The van der Waals surface area contributed by atoms with E-state index in [9.17, 15) is 13.2 Å². The van der Waals surface area contributed by atoms with Crippen LogP contribution in [0.15, 0.2) is 53.4 Å². The molecule has 2 aliphatic heterocycles. The predicted octanol–water partition coefficient (Wildman–Crippen LogP) is 2.48. The van der Waals surface area contributed by atoms with Gasteiger partial charge in [-0.05, 0) is 54.7 Å². The van der Waals surface area contributed by atoms with Crippen molar-refractivity contribution in [2.45, 2.75) is 36.4 Å². The van der Waals surface area contributed by atoms with E-state index < -0.39 is 10.0 Å². The van der Waals surface area contributed by atoms with Gasteiger partial charge in [-0.25, -0.2) is 13.2 Å². The molecule has 2 heterocycles. The third-order valence-electron chi connectivity index (χ3n) is 6.07. The van der Waals surface area contributed by atoms with E-state index in [0.29, 0.717) is 13.1 Å². The van der Waals surface area contributed by atoms with Gasteiger partial charge in [0, 0.05) is 18.8 Å². The number of nitrogens with one attached hydrogen (secondary N) is 1. The van der Waals surface area contributed by atoms with Crippen LogP contribution in [0.3, 0.4) is 0 Å². The lowest BCUT2D eigenvalue weighted by atomic mass is 10.1. The van der Waals surface area contributed by atoms with Crippen LogP contribution in [-0.4, -0.2) is 62.0 Å². The van der Waals surface area contributed by atoms with Crippen molar-refractivity contribution in [1.29, 1.82) is 0 Å². The number of carbonyl (C=O) groups excluding carboxylic acids is 1. The molecule has 0 saturated carbocycles. The first-order valence-corrected chi connectivity index (χ1v) is 11.8. The van der Waals surface area contributed by atoms with Gasteiger partial charge in [0.2, 0.25) is 10.0 Å². The van der Waals surface area contributed by atoms with Crippen LogP contribution in [0, 0.1) is 0 Å². The number of amides is 2. The number of nitrogens with zero attached hydrogens (tertiary/aromatic N) is 2. The molecule has 8 heteroatoms. The van der Waals surface area contributed by atoms with E-state index in [1.54, 1.807) is 35.2 Å². The summed E-state index contributed by atoms with van der Waals surface area (Å²) in [5.41, 5.74) is 3.49. The Kier molecular flexibility index (Phi) is 5.00. The van der Waals surface area contributed by atoms with E-state index in [4.69, 9.17) is 4.74 Å². The predicted molar refractivity (Wildman–Crippen MR) is 113 cm³/mol. The van der Waals surface area contributed by atoms with Crippen LogP contribution in [0.25, 0.3) is 0 Å². The molecule has 0 radical (unpaired) electrons. The van der Waals surface area contributed by atoms with Crippen molar-refractivity contribution >= 4 is 21.7 Å². The first-order chi connectivity index (χ1) is 14.5. The molecule has 5 rings (SSSR count). The number of ether oxygens (including phenoxy) is 1. The van der Waals surface area contributed by atoms with Gasteiger partial charge in [0.1, 0.15) is 0 Å². The number of hydrogen-bond donors (Lipinski definition) is 1. The van der Waals surface area contributed by atoms with Gasteiger partial charge in [-0.15, -0.1) is 0 Å². The first-order valence-electron chi connectivity index (χ1n) is 10.4. The van der Waals surface area contributed by atoms with Gasteiger partial charge < -0.3 is 15.0 Å². The highest BCUT2D eigenvalue weighted by molar-refractivity contribution is 7.89. The Bertz CT molecular complexity index is 1040. The van der Waals surface area contributed by atoms with E-state index in [2.05, 4.69) is 17.4 Å². The quantitative estimate of drug-likeness (QED) is 0.816. The molecule has 0 aromatic heterocycles. The summed E-state index contributed by atoms with van der Waals surface area (Å²) in [5, 5.41) is 3.00. The van der Waals surface area contributed by atoms with Crippen LogP contribution in [-0.2, 0) is 27.6 Å².